The van der Waals surface area contributed by atoms with Gasteiger partial charge in [-0.3, -0.25) is 10.1 Å². The first-order valence-electron chi connectivity index (χ1n) is 6.99. The number of methoxy groups -OCH3 is 1. The minimum absolute atomic E-state index is 0.0453. The van der Waals surface area contributed by atoms with Crippen molar-refractivity contribution in [2.45, 2.75) is 64.6 Å². The van der Waals surface area contributed by atoms with E-state index in [0.717, 1.165) is 0 Å². The highest BCUT2D eigenvalue weighted by Crippen LogP contribution is 2.19. The zero-order valence-electron chi connectivity index (χ0n) is 12.9. The third-order valence-electron chi connectivity index (χ3n) is 3.13. The molecule has 114 valence electrons. The van der Waals surface area contributed by atoms with E-state index in [1.807, 2.05) is 27.7 Å². The van der Waals surface area contributed by atoms with Gasteiger partial charge in [-0.15, -0.1) is 0 Å². The van der Waals surface area contributed by atoms with Gasteiger partial charge in [0, 0.05) is 19.8 Å². The Balaban J connectivity index is 4.24. The van der Waals surface area contributed by atoms with Crippen LogP contribution in [0.25, 0.3) is 0 Å². The van der Waals surface area contributed by atoms with Crippen LogP contribution >= 0.6 is 0 Å². The lowest BCUT2D eigenvalue weighted by molar-refractivity contribution is -0.146. The highest BCUT2D eigenvalue weighted by atomic mass is 16.5. The van der Waals surface area contributed by atoms with Gasteiger partial charge >= 0.3 is 5.97 Å². The number of nitrogens with one attached hydrogen (secondary N) is 1. The zero-order chi connectivity index (χ0) is 14.9. The Morgan fingerprint density at radius 2 is 2.00 bits per heavy atom. The Kier molecular flexibility index (Phi) is 8.97. The van der Waals surface area contributed by atoms with Crippen molar-refractivity contribution in [3.63, 3.8) is 0 Å². The Morgan fingerprint density at radius 1 is 1.37 bits per heavy atom. The summed E-state index contributed by atoms with van der Waals surface area (Å²) in [5, 5.41) is 12.6. The van der Waals surface area contributed by atoms with Crippen LogP contribution in [0.2, 0.25) is 0 Å². The van der Waals surface area contributed by atoms with Crippen molar-refractivity contribution in [3.8, 4) is 0 Å². The van der Waals surface area contributed by atoms with E-state index in [9.17, 15) is 9.90 Å². The van der Waals surface area contributed by atoms with E-state index >= 15 is 0 Å². The summed E-state index contributed by atoms with van der Waals surface area (Å²) in [7, 11) is 1.64. The molecule has 0 bridgehead atoms. The summed E-state index contributed by atoms with van der Waals surface area (Å²) in [5.74, 6) is -0.784. The van der Waals surface area contributed by atoms with Crippen LogP contribution in [-0.4, -0.2) is 49.1 Å². The highest BCUT2D eigenvalue weighted by Gasteiger charge is 2.36. The third-order valence-corrected chi connectivity index (χ3v) is 3.13. The zero-order valence-corrected chi connectivity index (χ0v) is 12.9. The van der Waals surface area contributed by atoms with Gasteiger partial charge in [0.05, 0.1) is 12.7 Å². The van der Waals surface area contributed by atoms with Gasteiger partial charge in [0.15, 0.2) is 0 Å². The van der Waals surface area contributed by atoms with Crippen LogP contribution in [0.15, 0.2) is 0 Å². The van der Waals surface area contributed by atoms with Crippen LogP contribution < -0.4 is 5.32 Å². The molecular formula is C14H29NO4. The first-order chi connectivity index (χ1) is 8.88. The molecule has 2 atom stereocenters. The minimum atomic E-state index is -0.845. The van der Waals surface area contributed by atoms with Crippen molar-refractivity contribution in [2.24, 2.45) is 0 Å². The van der Waals surface area contributed by atoms with E-state index in [1.54, 1.807) is 7.11 Å². The monoisotopic (exact) mass is 275 g/mol. The smallest absolute Gasteiger partial charge is 0.323 e. The van der Waals surface area contributed by atoms with Crippen LogP contribution in [0.3, 0.4) is 0 Å². The Bertz CT molecular complexity index is 258. The van der Waals surface area contributed by atoms with Crippen molar-refractivity contribution >= 4 is 5.97 Å². The van der Waals surface area contributed by atoms with Gasteiger partial charge in [-0.25, -0.2) is 0 Å². The van der Waals surface area contributed by atoms with Crippen molar-refractivity contribution in [1.29, 1.82) is 0 Å². The largest absolute Gasteiger partial charge is 0.480 e. The lowest BCUT2D eigenvalue weighted by Crippen LogP contribution is -2.54. The van der Waals surface area contributed by atoms with Gasteiger partial charge in [-0.2, -0.15) is 0 Å². The normalized spacial score (nSPS) is 16.3. The number of carbonyl (C=O) groups is 1. The molecular weight excluding hydrogens is 246 g/mol. The van der Waals surface area contributed by atoms with E-state index in [1.165, 1.54) is 0 Å². The Hall–Kier alpha value is -0.650. The van der Waals surface area contributed by atoms with Gasteiger partial charge in [-0.05, 0) is 40.0 Å². The van der Waals surface area contributed by atoms with E-state index in [2.05, 4.69) is 5.32 Å². The van der Waals surface area contributed by atoms with Gasteiger partial charge < -0.3 is 14.6 Å². The summed E-state index contributed by atoms with van der Waals surface area (Å²) in [6.07, 6.45) is 1.89. The van der Waals surface area contributed by atoms with Gasteiger partial charge in [0.25, 0.3) is 0 Å². The summed E-state index contributed by atoms with van der Waals surface area (Å²) >= 11 is 0. The average Bonchev–Trinajstić information content (AvgIpc) is 2.32. The summed E-state index contributed by atoms with van der Waals surface area (Å²) < 4.78 is 10.5. The van der Waals surface area contributed by atoms with Gasteiger partial charge in [0.2, 0.25) is 0 Å². The molecule has 5 nitrogen and oxygen atoms in total. The maximum absolute atomic E-state index is 11.5. The molecule has 0 rings (SSSR count). The first kappa shape index (κ1) is 18.4. The number of carboxylic acids is 1. The standard InChI is InChI=1S/C14H29NO4/c1-6-14(13(16)17,15-11(2)3)8-7-9-19-12(4)10-18-5/h11-12,15H,6-10H2,1-5H3,(H,16,17). The van der Waals surface area contributed by atoms with E-state index in [0.29, 0.717) is 32.5 Å². The molecule has 0 spiro atoms. The summed E-state index contributed by atoms with van der Waals surface area (Å²) in [6, 6.07) is 0.143. The second-order valence-corrected chi connectivity index (χ2v) is 5.28. The Labute approximate surface area is 116 Å². The summed E-state index contributed by atoms with van der Waals surface area (Å²) in [5.41, 5.74) is -0.845. The average molecular weight is 275 g/mol. The quantitative estimate of drug-likeness (QED) is 0.565. The molecule has 0 saturated heterocycles. The van der Waals surface area contributed by atoms with Crippen molar-refractivity contribution < 1.29 is 19.4 Å². The van der Waals surface area contributed by atoms with E-state index in [4.69, 9.17) is 9.47 Å². The lowest BCUT2D eigenvalue weighted by Gasteiger charge is -2.31. The first-order valence-corrected chi connectivity index (χ1v) is 6.99. The Morgan fingerprint density at radius 3 is 2.42 bits per heavy atom. The predicted octanol–water partition coefficient (Wildman–Crippen LogP) is 2.05. The number of aliphatic carboxylic acids is 1. The fraction of sp³-hybridized carbons (Fsp3) is 0.929. The fourth-order valence-electron chi connectivity index (χ4n) is 2.16. The maximum Gasteiger partial charge on any atom is 0.323 e. The lowest BCUT2D eigenvalue weighted by atomic mass is 9.89. The van der Waals surface area contributed by atoms with Crippen molar-refractivity contribution in [1.82, 2.24) is 5.32 Å². The number of hydrogen-bond donors (Lipinski definition) is 2. The number of hydrogen-bond acceptors (Lipinski definition) is 4. The molecule has 0 aromatic carbocycles. The highest BCUT2D eigenvalue weighted by molar-refractivity contribution is 5.78. The third kappa shape index (κ3) is 6.89. The topological polar surface area (TPSA) is 67.8 Å². The molecule has 2 N–H and O–H groups in total. The molecule has 0 heterocycles. The SMILES string of the molecule is CCC(CCCOC(C)COC)(NC(C)C)C(=O)O. The van der Waals surface area contributed by atoms with Crippen molar-refractivity contribution in [3.05, 3.63) is 0 Å². The van der Waals surface area contributed by atoms with Crippen LogP contribution in [-0.2, 0) is 14.3 Å². The van der Waals surface area contributed by atoms with E-state index < -0.39 is 11.5 Å². The van der Waals surface area contributed by atoms with Crippen molar-refractivity contribution in [2.75, 3.05) is 20.3 Å². The number of carboxylic acid groups (broad SMARTS) is 1. The summed E-state index contributed by atoms with van der Waals surface area (Å²) in [6.45, 7) is 8.88. The molecule has 19 heavy (non-hydrogen) atoms. The molecule has 0 aromatic heterocycles. The van der Waals surface area contributed by atoms with Crippen LogP contribution in [0.1, 0.15) is 47.0 Å². The van der Waals surface area contributed by atoms with Crippen LogP contribution in [0, 0.1) is 0 Å². The second kappa shape index (κ2) is 9.28. The molecule has 0 aromatic rings. The molecule has 0 aliphatic rings. The number of rotatable bonds is 11. The molecule has 0 fully saturated rings. The molecule has 2 unspecified atom stereocenters. The van der Waals surface area contributed by atoms with Crippen LogP contribution in [0.5, 0.6) is 0 Å². The van der Waals surface area contributed by atoms with Gasteiger partial charge in [-0.1, -0.05) is 6.92 Å². The molecule has 0 aliphatic carbocycles. The fourth-order valence-corrected chi connectivity index (χ4v) is 2.16. The maximum atomic E-state index is 11.5. The predicted molar refractivity (Wildman–Crippen MR) is 75.5 cm³/mol. The molecule has 0 saturated carbocycles. The molecule has 0 amide bonds. The van der Waals surface area contributed by atoms with Crippen LogP contribution in [0.4, 0.5) is 0 Å². The minimum Gasteiger partial charge on any atom is -0.480 e. The summed E-state index contributed by atoms with van der Waals surface area (Å²) in [4.78, 5) is 11.5. The van der Waals surface area contributed by atoms with E-state index in [-0.39, 0.29) is 12.1 Å². The molecule has 0 aliphatic heterocycles. The second-order valence-electron chi connectivity index (χ2n) is 5.28. The number of ether oxygens (including phenoxy) is 2. The molecule has 0 radical (unpaired) electrons. The molecule has 5 heteroatoms. The van der Waals surface area contributed by atoms with Gasteiger partial charge in [0.1, 0.15) is 5.54 Å².